The molecule has 16 heavy (non-hydrogen) atoms. The van der Waals surface area contributed by atoms with E-state index in [1.54, 1.807) is 12.2 Å². The highest BCUT2D eigenvalue weighted by atomic mass is 19.2. The molecule has 0 fully saturated rings. The van der Waals surface area contributed by atoms with E-state index < -0.39 is 11.6 Å². The zero-order chi connectivity index (χ0) is 12.0. The van der Waals surface area contributed by atoms with Gasteiger partial charge in [-0.25, -0.2) is 4.39 Å². The average molecular weight is 227 g/mol. The van der Waals surface area contributed by atoms with E-state index in [9.17, 15) is 8.78 Å². The number of rotatable bonds is 5. The third-order valence-electron chi connectivity index (χ3n) is 2.16. The Hall–Kier alpha value is -1.42. The van der Waals surface area contributed by atoms with Crippen molar-refractivity contribution in [1.82, 2.24) is 5.32 Å². The van der Waals surface area contributed by atoms with Crippen LogP contribution in [0.5, 0.6) is 5.75 Å². The van der Waals surface area contributed by atoms with E-state index >= 15 is 0 Å². The number of hydrogen-bond donors (Lipinski definition) is 1. The lowest BCUT2D eigenvalue weighted by Crippen LogP contribution is -2.05. The smallest absolute Gasteiger partial charge is 0.201 e. The van der Waals surface area contributed by atoms with Crippen molar-refractivity contribution in [3.8, 4) is 5.75 Å². The van der Waals surface area contributed by atoms with Crippen LogP contribution in [0.2, 0.25) is 0 Å². The van der Waals surface area contributed by atoms with Crippen molar-refractivity contribution < 1.29 is 13.5 Å². The predicted octanol–water partition coefficient (Wildman–Crippen LogP) is 2.60. The maximum atomic E-state index is 13.4. The molecule has 4 heteroatoms. The second-order valence-corrected chi connectivity index (χ2v) is 3.28. The summed E-state index contributed by atoms with van der Waals surface area (Å²) in [7, 11) is 3.14. The summed E-state index contributed by atoms with van der Waals surface area (Å²) in [6.07, 6.45) is 4.12. The van der Waals surface area contributed by atoms with Gasteiger partial charge in [0.05, 0.1) is 7.11 Å². The molecule has 0 bridgehead atoms. The molecule has 0 aliphatic carbocycles. The first-order valence-corrected chi connectivity index (χ1v) is 5.03. The summed E-state index contributed by atoms with van der Waals surface area (Å²) in [5.74, 6) is -1.90. The normalized spacial score (nSPS) is 11.0. The van der Waals surface area contributed by atoms with Gasteiger partial charge in [0.1, 0.15) is 0 Å². The Morgan fingerprint density at radius 2 is 2.06 bits per heavy atom. The van der Waals surface area contributed by atoms with Crippen LogP contribution in [0.3, 0.4) is 0 Å². The molecule has 0 radical (unpaired) electrons. The predicted molar refractivity (Wildman–Crippen MR) is 60.5 cm³/mol. The lowest BCUT2D eigenvalue weighted by atomic mass is 10.1. The molecule has 0 heterocycles. The van der Waals surface area contributed by atoms with Crippen LogP contribution in [-0.2, 0) is 0 Å². The van der Waals surface area contributed by atoms with E-state index in [0.29, 0.717) is 0 Å². The van der Waals surface area contributed by atoms with Crippen molar-refractivity contribution in [1.29, 1.82) is 0 Å². The summed E-state index contributed by atoms with van der Waals surface area (Å²) in [5, 5.41) is 2.96. The first-order valence-electron chi connectivity index (χ1n) is 5.03. The summed E-state index contributed by atoms with van der Waals surface area (Å²) in [5.41, 5.74) is 0.231. The molecule has 0 saturated carbocycles. The van der Waals surface area contributed by atoms with Gasteiger partial charge in [-0.05, 0) is 32.1 Å². The Kier molecular flexibility index (Phi) is 4.92. The van der Waals surface area contributed by atoms with Crippen molar-refractivity contribution in [2.75, 3.05) is 20.7 Å². The molecule has 0 saturated heterocycles. The molecule has 0 amide bonds. The number of benzene rings is 1. The molecule has 88 valence electrons. The summed E-state index contributed by atoms with van der Waals surface area (Å²) >= 11 is 0. The highest BCUT2D eigenvalue weighted by Crippen LogP contribution is 2.23. The van der Waals surface area contributed by atoms with Crippen LogP contribution < -0.4 is 10.1 Å². The van der Waals surface area contributed by atoms with E-state index in [0.717, 1.165) is 13.0 Å². The maximum absolute atomic E-state index is 13.4. The van der Waals surface area contributed by atoms with Crippen molar-refractivity contribution in [3.63, 3.8) is 0 Å². The van der Waals surface area contributed by atoms with Gasteiger partial charge in [0, 0.05) is 5.56 Å². The van der Waals surface area contributed by atoms with Crippen molar-refractivity contribution in [2.24, 2.45) is 0 Å². The van der Waals surface area contributed by atoms with Crippen LogP contribution in [0.4, 0.5) is 8.78 Å². The fourth-order valence-corrected chi connectivity index (χ4v) is 1.27. The molecular formula is C12H15F2NO. The number of methoxy groups -OCH3 is 1. The molecule has 0 aromatic heterocycles. The van der Waals surface area contributed by atoms with Crippen molar-refractivity contribution >= 4 is 6.08 Å². The minimum absolute atomic E-state index is 0.0788. The second-order valence-electron chi connectivity index (χ2n) is 3.28. The van der Waals surface area contributed by atoms with E-state index in [2.05, 4.69) is 10.1 Å². The van der Waals surface area contributed by atoms with Gasteiger partial charge in [-0.1, -0.05) is 12.2 Å². The topological polar surface area (TPSA) is 21.3 Å². The first-order chi connectivity index (χ1) is 7.70. The summed E-state index contributed by atoms with van der Waals surface area (Å²) in [4.78, 5) is 0. The average Bonchev–Trinajstić information content (AvgIpc) is 2.30. The quantitative estimate of drug-likeness (QED) is 0.781. The Balaban J connectivity index is 2.82. The van der Waals surface area contributed by atoms with Crippen LogP contribution >= 0.6 is 0 Å². The monoisotopic (exact) mass is 227 g/mol. The molecule has 0 unspecified atom stereocenters. The van der Waals surface area contributed by atoms with Gasteiger partial charge in [0.15, 0.2) is 11.6 Å². The van der Waals surface area contributed by atoms with Crippen molar-refractivity contribution in [2.45, 2.75) is 6.42 Å². The molecule has 0 aliphatic heterocycles. The lowest BCUT2D eigenvalue weighted by Gasteiger charge is -2.04. The second kappa shape index (κ2) is 6.23. The third kappa shape index (κ3) is 3.03. The van der Waals surface area contributed by atoms with Crippen LogP contribution in [0.1, 0.15) is 12.0 Å². The fourth-order valence-electron chi connectivity index (χ4n) is 1.27. The van der Waals surface area contributed by atoms with E-state index in [4.69, 9.17) is 0 Å². The van der Waals surface area contributed by atoms with Gasteiger partial charge in [-0.2, -0.15) is 4.39 Å². The zero-order valence-electron chi connectivity index (χ0n) is 9.39. The lowest BCUT2D eigenvalue weighted by molar-refractivity contribution is 0.371. The van der Waals surface area contributed by atoms with Gasteiger partial charge < -0.3 is 10.1 Å². The number of nitrogens with one attached hydrogen (secondary N) is 1. The van der Waals surface area contributed by atoms with E-state index in [1.807, 2.05) is 7.05 Å². The molecule has 0 spiro atoms. The molecule has 2 nitrogen and oxygen atoms in total. The molecule has 1 aromatic carbocycles. The minimum Gasteiger partial charge on any atom is -0.494 e. The van der Waals surface area contributed by atoms with Gasteiger partial charge in [0.25, 0.3) is 0 Å². The largest absolute Gasteiger partial charge is 0.494 e. The van der Waals surface area contributed by atoms with Gasteiger partial charge in [0.2, 0.25) is 5.82 Å². The minimum atomic E-state index is -0.946. The molecule has 1 N–H and O–H groups in total. The highest BCUT2D eigenvalue weighted by molar-refractivity contribution is 5.52. The Morgan fingerprint density at radius 3 is 2.69 bits per heavy atom. The van der Waals surface area contributed by atoms with Crippen LogP contribution in [0, 0.1) is 11.6 Å². The number of ether oxygens (including phenoxy) is 1. The zero-order valence-corrected chi connectivity index (χ0v) is 9.39. The van der Waals surface area contributed by atoms with Crippen LogP contribution in [0.25, 0.3) is 6.08 Å². The van der Waals surface area contributed by atoms with Crippen molar-refractivity contribution in [3.05, 3.63) is 35.4 Å². The Morgan fingerprint density at radius 1 is 1.31 bits per heavy atom. The third-order valence-corrected chi connectivity index (χ3v) is 2.16. The number of halogens is 2. The summed E-state index contributed by atoms with van der Waals surface area (Å²) in [6, 6.07) is 2.91. The molecule has 1 aromatic rings. The molecule has 0 aliphatic rings. The van der Waals surface area contributed by atoms with Gasteiger partial charge in [-0.3, -0.25) is 0 Å². The highest BCUT2D eigenvalue weighted by Gasteiger charge is 2.11. The molecule has 0 atom stereocenters. The standard InChI is InChI=1S/C12H15F2NO/c1-15-8-4-3-5-9-6-7-10(16-2)12(14)11(9)13/h3,5-7,15H,4,8H2,1-2H3. The Bertz CT molecular complexity index is 378. The van der Waals surface area contributed by atoms with E-state index in [-0.39, 0.29) is 11.3 Å². The SMILES string of the molecule is CNCCC=Cc1ccc(OC)c(F)c1F. The summed E-state index contributed by atoms with van der Waals surface area (Å²) in [6.45, 7) is 0.802. The fraction of sp³-hybridized carbons (Fsp3) is 0.333. The van der Waals surface area contributed by atoms with Gasteiger partial charge >= 0.3 is 0 Å². The maximum Gasteiger partial charge on any atom is 0.201 e. The van der Waals surface area contributed by atoms with Crippen LogP contribution in [-0.4, -0.2) is 20.7 Å². The molecule has 1 rings (SSSR count). The van der Waals surface area contributed by atoms with Gasteiger partial charge in [-0.15, -0.1) is 0 Å². The molecular weight excluding hydrogens is 212 g/mol. The van der Waals surface area contributed by atoms with E-state index in [1.165, 1.54) is 19.2 Å². The first kappa shape index (κ1) is 12.6. The Labute approximate surface area is 93.9 Å². The van der Waals surface area contributed by atoms with Crippen LogP contribution in [0.15, 0.2) is 18.2 Å². The summed E-state index contributed by atoms with van der Waals surface area (Å²) < 4.78 is 31.4. The number of hydrogen-bond acceptors (Lipinski definition) is 2.